The fourth-order valence-corrected chi connectivity index (χ4v) is 1.92. The van der Waals surface area contributed by atoms with Crippen molar-refractivity contribution in [2.45, 2.75) is 13.8 Å². The highest BCUT2D eigenvalue weighted by molar-refractivity contribution is 9.10. The molecule has 0 fully saturated rings. The second-order valence-electron chi connectivity index (χ2n) is 4.34. The van der Waals surface area contributed by atoms with Crippen molar-refractivity contribution in [3.05, 3.63) is 61.9 Å². The molecule has 0 unspecified atom stereocenters. The van der Waals surface area contributed by atoms with Crippen molar-refractivity contribution < 1.29 is 14.1 Å². The number of nitro benzene ring substituents is 1. The highest BCUT2D eigenvalue weighted by atomic mass is 79.9. The summed E-state index contributed by atoms with van der Waals surface area (Å²) in [6, 6.07) is 7.40. The molecule has 0 N–H and O–H groups in total. The van der Waals surface area contributed by atoms with Crippen LogP contribution >= 0.6 is 15.9 Å². The summed E-state index contributed by atoms with van der Waals surface area (Å²) in [6.07, 6.45) is 0. The zero-order valence-electron chi connectivity index (χ0n) is 10.8. The molecule has 2 aromatic rings. The van der Waals surface area contributed by atoms with Gasteiger partial charge < -0.3 is 4.74 Å². The first-order valence-corrected chi connectivity index (χ1v) is 6.56. The molecule has 20 heavy (non-hydrogen) atoms. The molecule has 2 aromatic carbocycles. The number of benzene rings is 2. The van der Waals surface area contributed by atoms with Gasteiger partial charge >= 0.3 is 5.69 Å². The van der Waals surface area contributed by atoms with Crippen LogP contribution in [0.4, 0.5) is 10.1 Å². The van der Waals surface area contributed by atoms with Crippen molar-refractivity contribution in [3.8, 4) is 11.5 Å². The van der Waals surface area contributed by atoms with E-state index >= 15 is 0 Å². The lowest BCUT2D eigenvalue weighted by atomic mass is 10.2. The van der Waals surface area contributed by atoms with E-state index in [4.69, 9.17) is 4.74 Å². The van der Waals surface area contributed by atoms with Gasteiger partial charge in [-0.05, 0) is 49.2 Å². The van der Waals surface area contributed by atoms with Crippen LogP contribution in [-0.4, -0.2) is 4.92 Å². The molecule has 0 saturated heterocycles. The fourth-order valence-electron chi connectivity index (χ4n) is 1.68. The van der Waals surface area contributed by atoms with E-state index in [-0.39, 0.29) is 5.75 Å². The second-order valence-corrected chi connectivity index (χ2v) is 5.19. The van der Waals surface area contributed by atoms with Gasteiger partial charge in [0.25, 0.3) is 0 Å². The lowest BCUT2D eigenvalue weighted by molar-refractivity contribution is -0.385. The maximum atomic E-state index is 13.4. The first kappa shape index (κ1) is 14.5. The molecule has 0 aromatic heterocycles. The Morgan fingerprint density at radius 2 is 1.90 bits per heavy atom. The number of hydrogen-bond donors (Lipinski definition) is 0. The minimum Gasteiger partial charge on any atom is -0.450 e. The monoisotopic (exact) mass is 339 g/mol. The van der Waals surface area contributed by atoms with E-state index in [1.165, 1.54) is 13.0 Å². The summed E-state index contributed by atoms with van der Waals surface area (Å²) in [4.78, 5) is 10.3. The zero-order chi connectivity index (χ0) is 14.9. The van der Waals surface area contributed by atoms with E-state index in [0.717, 1.165) is 16.1 Å². The molecule has 0 aliphatic carbocycles. The number of nitrogens with zero attached hydrogens (tertiary/aromatic N) is 1. The SMILES string of the molecule is Cc1cc(Oc2ccc(Br)c(C)c2)c([N+](=O)[O-])cc1F. The van der Waals surface area contributed by atoms with Gasteiger partial charge in [0.1, 0.15) is 11.6 Å². The summed E-state index contributed by atoms with van der Waals surface area (Å²) in [7, 11) is 0. The number of rotatable bonds is 3. The number of nitro groups is 1. The molecule has 6 heteroatoms. The van der Waals surface area contributed by atoms with E-state index in [1.807, 2.05) is 6.92 Å². The Labute approximate surface area is 123 Å². The van der Waals surface area contributed by atoms with E-state index in [2.05, 4.69) is 15.9 Å². The largest absolute Gasteiger partial charge is 0.450 e. The van der Waals surface area contributed by atoms with Gasteiger partial charge in [-0.1, -0.05) is 15.9 Å². The molecule has 4 nitrogen and oxygen atoms in total. The minimum atomic E-state index is -0.663. The van der Waals surface area contributed by atoms with Crippen LogP contribution < -0.4 is 4.74 Å². The molecule has 0 bridgehead atoms. The van der Waals surface area contributed by atoms with Gasteiger partial charge in [0.05, 0.1) is 11.0 Å². The molecule has 2 rings (SSSR count). The van der Waals surface area contributed by atoms with E-state index < -0.39 is 16.4 Å². The van der Waals surface area contributed by atoms with Crippen LogP contribution in [0.15, 0.2) is 34.8 Å². The molecule has 0 heterocycles. The molecule has 0 aliphatic rings. The summed E-state index contributed by atoms with van der Waals surface area (Å²) < 4.78 is 19.8. The van der Waals surface area contributed by atoms with Crippen LogP contribution in [0.2, 0.25) is 0 Å². The molecule has 0 saturated carbocycles. The van der Waals surface area contributed by atoms with Gasteiger partial charge in [0.2, 0.25) is 5.75 Å². The van der Waals surface area contributed by atoms with Crippen LogP contribution in [0.5, 0.6) is 11.5 Å². The van der Waals surface area contributed by atoms with Crippen molar-refractivity contribution in [1.82, 2.24) is 0 Å². The summed E-state index contributed by atoms with van der Waals surface area (Å²) in [5.41, 5.74) is 0.831. The highest BCUT2D eigenvalue weighted by Crippen LogP contribution is 2.34. The van der Waals surface area contributed by atoms with Gasteiger partial charge in [-0.15, -0.1) is 0 Å². The quantitative estimate of drug-likeness (QED) is 0.589. The molecule has 0 radical (unpaired) electrons. The maximum absolute atomic E-state index is 13.4. The Kier molecular flexibility index (Phi) is 4.04. The third kappa shape index (κ3) is 2.96. The molecule has 0 amide bonds. The Hall–Kier alpha value is -1.95. The van der Waals surface area contributed by atoms with Crippen LogP contribution in [0.1, 0.15) is 11.1 Å². The highest BCUT2D eigenvalue weighted by Gasteiger charge is 2.19. The Balaban J connectivity index is 2.44. The molecular formula is C14H11BrFNO3. The van der Waals surface area contributed by atoms with E-state index in [1.54, 1.807) is 18.2 Å². The topological polar surface area (TPSA) is 52.4 Å². The zero-order valence-corrected chi connectivity index (χ0v) is 12.4. The Bertz CT molecular complexity index is 688. The fraction of sp³-hybridized carbons (Fsp3) is 0.143. The van der Waals surface area contributed by atoms with Gasteiger partial charge in [-0.2, -0.15) is 0 Å². The van der Waals surface area contributed by atoms with Crippen molar-refractivity contribution in [1.29, 1.82) is 0 Å². The molecule has 104 valence electrons. The van der Waals surface area contributed by atoms with Crippen molar-refractivity contribution in [2.24, 2.45) is 0 Å². The predicted molar refractivity (Wildman–Crippen MR) is 76.7 cm³/mol. The number of halogens is 2. The number of aryl methyl sites for hydroxylation is 2. The van der Waals surface area contributed by atoms with Crippen molar-refractivity contribution in [2.75, 3.05) is 0 Å². The van der Waals surface area contributed by atoms with E-state index in [0.29, 0.717) is 11.3 Å². The standard InChI is InChI=1S/C14H11BrFNO3/c1-8-5-10(3-4-11(8)15)20-14-6-9(2)12(16)7-13(14)17(18)19/h3-7H,1-2H3. The third-order valence-electron chi connectivity index (χ3n) is 2.79. The summed E-state index contributed by atoms with van der Waals surface area (Å²) in [5.74, 6) is -0.147. The number of hydrogen-bond acceptors (Lipinski definition) is 3. The Morgan fingerprint density at radius 1 is 1.20 bits per heavy atom. The van der Waals surface area contributed by atoms with Crippen LogP contribution in [0.25, 0.3) is 0 Å². The average Bonchev–Trinajstić information content (AvgIpc) is 2.37. The van der Waals surface area contributed by atoms with Crippen molar-refractivity contribution >= 4 is 21.6 Å². The Morgan fingerprint density at radius 3 is 2.50 bits per heavy atom. The first-order chi connectivity index (χ1) is 9.38. The summed E-state index contributed by atoms with van der Waals surface area (Å²) in [6.45, 7) is 3.40. The second kappa shape index (κ2) is 5.58. The van der Waals surface area contributed by atoms with Gasteiger partial charge in [-0.3, -0.25) is 10.1 Å². The van der Waals surface area contributed by atoms with Gasteiger partial charge in [0.15, 0.2) is 0 Å². The maximum Gasteiger partial charge on any atom is 0.314 e. The molecule has 0 atom stereocenters. The van der Waals surface area contributed by atoms with Crippen molar-refractivity contribution in [3.63, 3.8) is 0 Å². The van der Waals surface area contributed by atoms with Crippen LogP contribution in [0.3, 0.4) is 0 Å². The minimum absolute atomic E-state index is 0.0237. The normalized spacial score (nSPS) is 10.4. The average molecular weight is 340 g/mol. The van der Waals surface area contributed by atoms with E-state index in [9.17, 15) is 14.5 Å². The lowest BCUT2D eigenvalue weighted by Gasteiger charge is -2.09. The summed E-state index contributed by atoms with van der Waals surface area (Å²) in [5, 5.41) is 10.9. The van der Waals surface area contributed by atoms with Crippen LogP contribution in [0, 0.1) is 29.8 Å². The molecule has 0 spiro atoms. The third-order valence-corrected chi connectivity index (χ3v) is 3.68. The van der Waals surface area contributed by atoms with Crippen LogP contribution in [-0.2, 0) is 0 Å². The lowest BCUT2D eigenvalue weighted by Crippen LogP contribution is -1.96. The first-order valence-electron chi connectivity index (χ1n) is 5.77. The molecule has 0 aliphatic heterocycles. The molecular weight excluding hydrogens is 329 g/mol. The smallest absolute Gasteiger partial charge is 0.314 e. The number of ether oxygens (including phenoxy) is 1. The predicted octanol–water partition coefficient (Wildman–Crippen LogP) is 4.91. The summed E-state index contributed by atoms with van der Waals surface area (Å²) >= 11 is 3.36. The van der Waals surface area contributed by atoms with Gasteiger partial charge in [-0.25, -0.2) is 4.39 Å². The van der Waals surface area contributed by atoms with Gasteiger partial charge in [0, 0.05) is 4.47 Å².